The van der Waals surface area contributed by atoms with Crippen molar-refractivity contribution in [2.45, 2.75) is 88.9 Å². The summed E-state index contributed by atoms with van der Waals surface area (Å²) in [5.74, 6) is -1.87. The van der Waals surface area contributed by atoms with E-state index in [1.54, 1.807) is 18.2 Å². The van der Waals surface area contributed by atoms with Gasteiger partial charge in [0.1, 0.15) is 18.3 Å². The van der Waals surface area contributed by atoms with Crippen molar-refractivity contribution in [3.8, 4) is 0 Å². The van der Waals surface area contributed by atoms with Crippen molar-refractivity contribution < 1.29 is 24.0 Å². The summed E-state index contributed by atoms with van der Waals surface area (Å²) in [5, 5.41) is 11.2. The molecule has 2 aromatic heterocycles. The lowest BCUT2D eigenvalue weighted by atomic mass is 9.95. The summed E-state index contributed by atoms with van der Waals surface area (Å²) in [6.45, 7) is -0.196. The normalized spacial score (nSPS) is 21.2. The highest BCUT2D eigenvalue weighted by atomic mass is 32.1. The smallest absolute Gasteiger partial charge is 0.287 e. The van der Waals surface area contributed by atoms with E-state index in [0.717, 1.165) is 61.0 Å². The molecule has 3 aliphatic rings. The molecule has 0 spiro atoms. The van der Waals surface area contributed by atoms with Crippen LogP contribution in [0.1, 0.15) is 74.0 Å². The van der Waals surface area contributed by atoms with Crippen LogP contribution in [-0.4, -0.2) is 57.1 Å². The zero-order valence-electron chi connectivity index (χ0n) is 25.5. The highest BCUT2D eigenvalue weighted by molar-refractivity contribution is 7.20. The Balaban J connectivity index is 1.13. The number of fused-ring (bicyclic) bond motifs is 3. The van der Waals surface area contributed by atoms with Gasteiger partial charge in [0.2, 0.25) is 17.6 Å². The number of carbonyl (C=O) groups is 5. The van der Waals surface area contributed by atoms with Crippen molar-refractivity contribution in [1.82, 2.24) is 25.5 Å². The van der Waals surface area contributed by atoms with E-state index in [9.17, 15) is 28.8 Å². The van der Waals surface area contributed by atoms with E-state index < -0.39 is 35.1 Å². The summed E-state index contributed by atoms with van der Waals surface area (Å²) in [7, 11) is 0. The monoisotopic (exact) mass is 646 g/mol. The number of nitrogens with one attached hydrogen (secondary N) is 4. The van der Waals surface area contributed by atoms with Crippen LogP contribution in [0.3, 0.4) is 0 Å². The molecule has 4 N–H and O–H groups in total. The van der Waals surface area contributed by atoms with Gasteiger partial charge in [-0.1, -0.05) is 31.4 Å². The van der Waals surface area contributed by atoms with E-state index in [4.69, 9.17) is 0 Å². The third-order valence-electron chi connectivity index (χ3n) is 9.39. The molecule has 3 aliphatic carbocycles. The highest BCUT2D eigenvalue weighted by Crippen LogP contribution is 2.44. The number of benzene rings is 1. The van der Waals surface area contributed by atoms with E-state index in [1.165, 1.54) is 23.3 Å². The summed E-state index contributed by atoms with van der Waals surface area (Å²) in [6.07, 6.45) is 9.07. The fraction of sp³-hybridized carbons (Fsp3) is 0.485. The van der Waals surface area contributed by atoms with Crippen molar-refractivity contribution in [1.29, 1.82) is 0 Å². The van der Waals surface area contributed by atoms with Crippen molar-refractivity contribution >= 4 is 56.7 Å². The van der Waals surface area contributed by atoms with Gasteiger partial charge in [0.15, 0.2) is 5.01 Å². The Labute approximate surface area is 269 Å². The number of carbonyl (C=O) groups excluding carboxylic acids is 5. The second-order valence-electron chi connectivity index (χ2n) is 12.6. The van der Waals surface area contributed by atoms with Gasteiger partial charge in [0, 0.05) is 24.7 Å². The molecule has 0 aliphatic heterocycles. The van der Waals surface area contributed by atoms with Gasteiger partial charge in [0.05, 0.1) is 10.2 Å². The van der Waals surface area contributed by atoms with E-state index in [1.807, 2.05) is 12.1 Å². The number of thiazole rings is 1. The van der Waals surface area contributed by atoms with E-state index in [2.05, 4.69) is 26.3 Å². The molecular formula is C33H38N6O6S. The van der Waals surface area contributed by atoms with Crippen LogP contribution in [0, 0.1) is 11.8 Å². The van der Waals surface area contributed by atoms with Crippen LogP contribution in [0.4, 0.5) is 5.69 Å². The second-order valence-corrected chi connectivity index (χ2v) is 13.7. The number of aromatic nitrogens is 2. The second kappa shape index (κ2) is 13.9. The summed E-state index contributed by atoms with van der Waals surface area (Å²) >= 11 is 1.16. The van der Waals surface area contributed by atoms with Gasteiger partial charge in [-0.15, -0.1) is 11.3 Å². The molecule has 0 saturated heterocycles. The number of amides is 4. The molecule has 1 aromatic carbocycles. The average molecular weight is 647 g/mol. The molecule has 3 fully saturated rings. The third-order valence-corrected chi connectivity index (χ3v) is 10.4. The quantitative estimate of drug-likeness (QED) is 0.220. The molecule has 3 saturated carbocycles. The van der Waals surface area contributed by atoms with Crippen LogP contribution in [0.25, 0.3) is 10.2 Å². The molecule has 13 heteroatoms. The number of hydrogen-bond donors (Lipinski definition) is 4. The number of nitrogens with zero attached hydrogens (tertiary/aromatic N) is 2. The summed E-state index contributed by atoms with van der Waals surface area (Å²) < 4.78 is 2.02. The SMILES string of the molecule is O=C(Cn1cccc(NC(=O)[C@H](CCC(=O)C(=O)NC2CCCC2)NC(=O)c2nc3ccccc3s2)c1=O)N[C@@H]1C[C@@H]2CC[C@H]1C2. The molecular weight excluding hydrogens is 608 g/mol. The maximum absolute atomic E-state index is 13.5. The fourth-order valence-corrected chi connectivity index (χ4v) is 7.86. The first-order chi connectivity index (χ1) is 22.2. The average Bonchev–Trinajstić information content (AvgIpc) is 3.86. The lowest BCUT2D eigenvalue weighted by Crippen LogP contribution is -2.46. The first-order valence-corrected chi connectivity index (χ1v) is 16.8. The predicted molar refractivity (Wildman–Crippen MR) is 172 cm³/mol. The summed E-state index contributed by atoms with van der Waals surface area (Å²) in [6, 6.07) is 9.03. The molecule has 3 aromatic rings. The third kappa shape index (κ3) is 7.35. The predicted octanol–water partition coefficient (Wildman–Crippen LogP) is 2.91. The number of pyridine rings is 1. The number of ketones is 1. The van der Waals surface area contributed by atoms with Crippen LogP contribution in [0.2, 0.25) is 0 Å². The van der Waals surface area contributed by atoms with E-state index >= 15 is 0 Å². The van der Waals surface area contributed by atoms with Gasteiger partial charge in [-0.25, -0.2) is 4.98 Å². The number of anilines is 1. The van der Waals surface area contributed by atoms with Gasteiger partial charge >= 0.3 is 0 Å². The minimum absolute atomic E-state index is 0.0371. The zero-order chi connectivity index (χ0) is 32.2. The van der Waals surface area contributed by atoms with Crippen LogP contribution >= 0.6 is 11.3 Å². The van der Waals surface area contributed by atoms with Crippen LogP contribution in [0.15, 0.2) is 47.4 Å². The number of Topliss-reactive ketones (excluding diaryl/α,β-unsaturated/α-hetero) is 1. The number of para-hydroxylation sites is 1. The minimum Gasteiger partial charge on any atom is -0.352 e. The van der Waals surface area contributed by atoms with Crippen molar-refractivity contribution in [3.63, 3.8) is 0 Å². The Hall–Kier alpha value is -4.39. The Morgan fingerprint density at radius 2 is 1.76 bits per heavy atom. The molecule has 2 bridgehead atoms. The van der Waals surface area contributed by atoms with Crippen LogP contribution in [-0.2, 0) is 25.7 Å². The van der Waals surface area contributed by atoms with Crippen LogP contribution < -0.4 is 26.8 Å². The van der Waals surface area contributed by atoms with Crippen molar-refractivity contribution in [3.05, 3.63) is 58.0 Å². The van der Waals surface area contributed by atoms with Gasteiger partial charge in [-0.05, 0) is 74.6 Å². The minimum atomic E-state index is -1.25. The topological polar surface area (TPSA) is 168 Å². The van der Waals surface area contributed by atoms with Gasteiger partial charge < -0.3 is 25.8 Å². The van der Waals surface area contributed by atoms with Gasteiger partial charge in [-0.3, -0.25) is 28.8 Å². The van der Waals surface area contributed by atoms with Gasteiger partial charge in [0.25, 0.3) is 17.4 Å². The number of hydrogen-bond acceptors (Lipinski definition) is 8. The lowest BCUT2D eigenvalue weighted by Gasteiger charge is -2.23. The molecule has 4 amide bonds. The maximum atomic E-state index is 13.5. The number of rotatable bonds is 12. The molecule has 242 valence electrons. The summed E-state index contributed by atoms with van der Waals surface area (Å²) in [4.78, 5) is 82.3. The van der Waals surface area contributed by atoms with Gasteiger partial charge in [-0.2, -0.15) is 0 Å². The van der Waals surface area contributed by atoms with E-state index in [0.29, 0.717) is 17.4 Å². The van der Waals surface area contributed by atoms with Crippen molar-refractivity contribution in [2.75, 3.05) is 5.32 Å². The van der Waals surface area contributed by atoms with Crippen LogP contribution in [0.5, 0.6) is 0 Å². The summed E-state index contributed by atoms with van der Waals surface area (Å²) in [5.41, 5.74) is -0.0290. The molecule has 4 atom stereocenters. The molecule has 0 radical (unpaired) electrons. The molecule has 2 heterocycles. The molecule has 12 nitrogen and oxygen atoms in total. The standard InChI is InChI=1S/C33H38N6O6S/c40-26(30(43)34-21-6-1-2-7-21)14-13-23(36-31(44)32-38-22-8-3-4-10-27(22)46-32)29(42)37-24-9-5-15-39(33(24)45)18-28(41)35-25-17-19-11-12-20(25)16-19/h3-5,8-10,15,19-21,23,25H,1-2,6-7,11-14,16-18H2,(H,34,43)(H,35,41)(H,36,44)(H,37,42)/t19-,20+,23+,25-/m1/s1. The first-order valence-electron chi connectivity index (χ1n) is 16.0. The molecule has 46 heavy (non-hydrogen) atoms. The van der Waals surface area contributed by atoms with Crippen molar-refractivity contribution in [2.24, 2.45) is 11.8 Å². The maximum Gasteiger partial charge on any atom is 0.287 e. The Bertz CT molecular complexity index is 1680. The lowest BCUT2D eigenvalue weighted by molar-refractivity contribution is -0.138. The molecule has 6 rings (SSSR count). The fourth-order valence-electron chi connectivity index (χ4n) is 6.99. The Morgan fingerprint density at radius 1 is 0.957 bits per heavy atom. The van der Waals surface area contributed by atoms with E-state index in [-0.39, 0.29) is 48.1 Å². The zero-order valence-corrected chi connectivity index (χ0v) is 26.3. The Kier molecular flexibility index (Phi) is 9.57. The Morgan fingerprint density at radius 3 is 2.50 bits per heavy atom. The molecule has 0 unspecified atom stereocenters. The largest absolute Gasteiger partial charge is 0.352 e. The first kappa shape index (κ1) is 31.6. The highest BCUT2D eigenvalue weighted by Gasteiger charge is 2.40.